The average Bonchev–Trinajstić information content (AvgIpc) is 2.99. The van der Waals surface area contributed by atoms with Gasteiger partial charge in [0.15, 0.2) is 0 Å². The first-order valence-corrected chi connectivity index (χ1v) is 9.25. The van der Waals surface area contributed by atoms with Crippen LogP contribution in [0.5, 0.6) is 0 Å². The summed E-state index contributed by atoms with van der Waals surface area (Å²) in [6.45, 7) is 8.17. The lowest BCUT2D eigenvalue weighted by Crippen LogP contribution is -2.51. The minimum atomic E-state index is 0.760. The Morgan fingerprint density at radius 2 is 1.95 bits per heavy atom. The molecule has 5 heteroatoms. The maximum Gasteiger partial charge on any atom is 0.100 e. The quantitative estimate of drug-likeness (QED) is 0.852. The summed E-state index contributed by atoms with van der Waals surface area (Å²) >= 11 is 1.71. The fourth-order valence-corrected chi connectivity index (χ4v) is 4.40. The second kappa shape index (κ2) is 7.56. The Labute approximate surface area is 137 Å². The van der Waals surface area contributed by atoms with Gasteiger partial charge >= 0.3 is 0 Å². The molecular weight excluding hydrogens is 292 g/mol. The summed E-state index contributed by atoms with van der Waals surface area (Å²) in [5, 5.41) is 10.9. The fraction of sp³-hybridized carbons (Fsp3) is 0.706. The summed E-state index contributed by atoms with van der Waals surface area (Å²) in [4.78, 5) is 9.02. The minimum Gasteiger partial charge on any atom is -0.302 e. The van der Waals surface area contributed by atoms with Crippen LogP contribution < -0.4 is 0 Å². The van der Waals surface area contributed by atoms with Crippen molar-refractivity contribution in [2.45, 2.75) is 31.8 Å². The first-order chi connectivity index (χ1) is 10.7. The predicted octanol–water partition coefficient (Wildman–Crippen LogP) is 2.22. The summed E-state index contributed by atoms with van der Waals surface area (Å²) in [6, 6.07) is 5.02. The molecule has 120 valence electrons. The van der Waals surface area contributed by atoms with Crippen LogP contribution in [-0.2, 0) is 6.54 Å². The fourth-order valence-electron chi connectivity index (χ4n) is 3.55. The van der Waals surface area contributed by atoms with Crippen LogP contribution in [0, 0.1) is 11.3 Å². The molecular formula is C17H26N4S. The largest absolute Gasteiger partial charge is 0.302 e. The predicted molar refractivity (Wildman–Crippen MR) is 91.0 cm³/mol. The molecule has 2 aliphatic heterocycles. The molecule has 0 aromatic carbocycles. The summed E-state index contributed by atoms with van der Waals surface area (Å²) in [5.74, 6) is 0. The van der Waals surface area contributed by atoms with E-state index < -0.39 is 0 Å². The highest BCUT2D eigenvalue weighted by Gasteiger charge is 2.24. The van der Waals surface area contributed by atoms with Gasteiger partial charge < -0.3 is 4.90 Å². The molecule has 3 rings (SSSR count). The number of piperazine rings is 1. The average molecular weight is 318 g/mol. The zero-order valence-electron chi connectivity index (χ0n) is 13.5. The molecule has 22 heavy (non-hydrogen) atoms. The number of likely N-dealkylation sites (N-methyl/N-ethyl adjacent to an activating group) is 1. The van der Waals surface area contributed by atoms with Crippen molar-refractivity contribution in [3.8, 4) is 6.07 Å². The molecule has 2 saturated heterocycles. The van der Waals surface area contributed by atoms with Crippen LogP contribution >= 0.6 is 11.3 Å². The molecule has 1 aromatic heterocycles. The summed E-state index contributed by atoms with van der Waals surface area (Å²) in [5.41, 5.74) is 0.805. The molecule has 0 N–H and O–H groups in total. The van der Waals surface area contributed by atoms with E-state index in [0.717, 1.165) is 31.2 Å². The van der Waals surface area contributed by atoms with E-state index in [9.17, 15) is 0 Å². The molecule has 2 aliphatic rings. The second-order valence-electron chi connectivity index (χ2n) is 6.62. The molecule has 0 unspecified atom stereocenters. The van der Waals surface area contributed by atoms with E-state index in [1.807, 2.05) is 11.4 Å². The Bertz CT molecular complexity index is 513. The van der Waals surface area contributed by atoms with Crippen LogP contribution in [-0.4, -0.2) is 67.1 Å². The molecule has 0 amide bonds. The summed E-state index contributed by atoms with van der Waals surface area (Å²) in [6.07, 6.45) is 4.13. The van der Waals surface area contributed by atoms with Crippen molar-refractivity contribution < 1.29 is 0 Å². The Morgan fingerprint density at radius 1 is 1.18 bits per heavy atom. The Morgan fingerprint density at radius 3 is 2.64 bits per heavy atom. The van der Waals surface area contributed by atoms with Gasteiger partial charge in [0.25, 0.3) is 0 Å². The first-order valence-electron chi connectivity index (χ1n) is 8.37. The van der Waals surface area contributed by atoms with Gasteiger partial charge in [0.05, 0.1) is 5.56 Å². The van der Waals surface area contributed by atoms with Crippen LogP contribution in [0.4, 0.5) is 0 Å². The lowest BCUT2D eigenvalue weighted by Gasteiger charge is -2.40. The number of nitrogens with zero attached hydrogens (tertiary/aromatic N) is 4. The molecule has 0 bridgehead atoms. The molecule has 0 saturated carbocycles. The lowest BCUT2D eigenvalue weighted by molar-refractivity contribution is 0.0822. The van der Waals surface area contributed by atoms with Gasteiger partial charge in [-0.25, -0.2) is 0 Å². The third-order valence-electron chi connectivity index (χ3n) is 5.02. The van der Waals surface area contributed by atoms with Crippen molar-refractivity contribution in [2.24, 2.45) is 0 Å². The summed E-state index contributed by atoms with van der Waals surface area (Å²) in [7, 11) is 2.28. The molecule has 4 nitrogen and oxygen atoms in total. The molecule has 1 atom stereocenters. The van der Waals surface area contributed by atoms with Crippen molar-refractivity contribution in [1.82, 2.24) is 14.7 Å². The Balaban J connectivity index is 1.43. The SMILES string of the molecule is CN1CCCC[C@H]1CN1CCN(Cc2cc(C#N)cs2)CC1. The zero-order valence-corrected chi connectivity index (χ0v) is 14.3. The molecule has 0 aliphatic carbocycles. The number of piperidine rings is 1. The molecule has 0 spiro atoms. The number of thiophene rings is 1. The third kappa shape index (κ3) is 4.08. The van der Waals surface area contributed by atoms with E-state index in [1.165, 1.54) is 50.3 Å². The van der Waals surface area contributed by atoms with Crippen molar-refractivity contribution >= 4 is 11.3 Å². The molecule has 0 radical (unpaired) electrons. The monoisotopic (exact) mass is 318 g/mol. The lowest BCUT2D eigenvalue weighted by atomic mass is 10.0. The van der Waals surface area contributed by atoms with Crippen molar-refractivity contribution in [2.75, 3.05) is 46.3 Å². The van der Waals surface area contributed by atoms with Crippen molar-refractivity contribution in [1.29, 1.82) is 5.26 Å². The van der Waals surface area contributed by atoms with E-state index in [-0.39, 0.29) is 0 Å². The number of nitriles is 1. The third-order valence-corrected chi connectivity index (χ3v) is 5.94. The molecule has 2 fully saturated rings. The van der Waals surface area contributed by atoms with E-state index in [2.05, 4.69) is 27.8 Å². The van der Waals surface area contributed by atoms with Gasteiger partial charge in [0.1, 0.15) is 6.07 Å². The van der Waals surface area contributed by atoms with Gasteiger partial charge in [0, 0.05) is 55.6 Å². The van der Waals surface area contributed by atoms with Crippen molar-refractivity contribution in [3.63, 3.8) is 0 Å². The van der Waals surface area contributed by atoms with Crippen LogP contribution in [0.3, 0.4) is 0 Å². The highest BCUT2D eigenvalue weighted by molar-refractivity contribution is 7.10. The van der Waals surface area contributed by atoms with Gasteiger partial charge in [-0.05, 0) is 32.5 Å². The minimum absolute atomic E-state index is 0.760. The van der Waals surface area contributed by atoms with Crippen LogP contribution in [0.2, 0.25) is 0 Å². The zero-order chi connectivity index (χ0) is 15.4. The maximum absolute atomic E-state index is 8.90. The van der Waals surface area contributed by atoms with Gasteiger partial charge in [0.2, 0.25) is 0 Å². The van der Waals surface area contributed by atoms with Crippen LogP contribution in [0.15, 0.2) is 11.4 Å². The topological polar surface area (TPSA) is 33.5 Å². The van der Waals surface area contributed by atoms with Gasteiger partial charge in [-0.1, -0.05) is 6.42 Å². The number of hydrogen-bond acceptors (Lipinski definition) is 5. The van der Waals surface area contributed by atoms with Gasteiger partial charge in [-0.2, -0.15) is 5.26 Å². The standard InChI is InChI=1S/C17H26N4S/c1-19-5-3-2-4-16(19)12-20-6-8-21(9-7-20)13-17-10-15(11-18)14-22-17/h10,14,16H,2-9,12-13H2,1H3/t16-/m0/s1. The number of rotatable bonds is 4. The second-order valence-corrected chi connectivity index (χ2v) is 7.62. The normalized spacial score (nSPS) is 25.2. The highest BCUT2D eigenvalue weighted by Crippen LogP contribution is 2.19. The number of hydrogen-bond donors (Lipinski definition) is 0. The van der Waals surface area contributed by atoms with Crippen LogP contribution in [0.1, 0.15) is 29.7 Å². The maximum atomic E-state index is 8.90. The number of likely N-dealkylation sites (tertiary alicyclic amines) is 1. The van der Waals surface area contributed by atoms with E-state index in [1.54, 1.807) is 11.3 Å². The Hall–Kier alpha value is -0.930. The van der Waals surface area contributed by atoms with Crippen LogP contribution in [0.25, 0.3) is 0 Å². The summed E-state index contributed by atoms with van der Waals surface area (Å²) < 4.78 is 0. The molecule has 1 aromatic rings. The van der Waals surface area contributed by atoms with E-state index >= 15 is 0 Å². The Kier molecular flexibility index (Phi) is 5.48. The smallest absolute Gasteiger partial charge is 0.100 e. The first kappa shape index (κ1) is 15.9. The van der Waals surface area contributed by atoms with Gasteiger partial charge in [-0.15, -0.1) is 11.3 Å². The van der Waals surface area contributed by atoms with E-state index in [4.69, 9.17) is 5.26 Å². The highest BCUT2D eigenvalue weighted by atomic mass is 32.1. The van der Waals surface area contributed by atoms with Gasteiger partial charge in [-0.3, -0.25) is 9.80 Å². The molecule has 3 heterocycles. The van der Waals surface area contributed by atoms with E-state index in [0.29, 0.717) is 0 Å². The van der Waals surface area contributed by atoms with Crippen molar-refractivity contribution in [3.05, 3.63) is 21.9 Å².